The van der Waals surface area contributed by atoms with Crippen molar-refractivity contribution in [1.82, 2.24) is 0 Å². The fourth-order valence-electron chi connectivity index (χ4n) is 2.42. The minimum atomic E-state index is 0.244. The average molecular weight is 273 g/mol. The van der Waals surface area contributed by atoms with E-state index in [1.807, 2.05) is 12.2 Å². The van der Waals surface area contributed by atoms with Crippen LogP contribution in [0.15, 0.2) is 91.1 Å². The average Bonchev–Trinajstić information content (AvgIpc) is 2.93. The summed E-state index contributed by atoms with van der Waals surface area (Å²) < 4.78 is 0. The van der Waals surface area contributed by atoms with Gasteiger partial charge >= 0.3 is 0 Å². The molecule has 0 aromatic heterocycles. The molecule has 1 nitrogen and oxygen atoms in total. The molecule has 0 aliphatic heterocycles. The van der Waals surface area contributed by atoms with Crippen molar-refractivity contribution in [1.29, 1.82) is 0 Å². The second kappa shape index (κ2) is 6.76. The minimum absolute atomic E-state index is 0.244. The highest BCUT2D eigenvalue weighted by Crippen LogP contribution is 2.22. The van der Waals surface area contributed by atoms with Gasteiger partial charge in [0.05, 0.1) is 6.04 Å². The third-order valence-corrected chi connectivity index (χ3v) is 3.55. The van der Waals surface area contributed by atoms with Crippen molar-refractivity contribution in [3.63, 3.8) is 0 Å². The topological polar surface area (TPSA) is 12.0 Å². The molecule has 0 radical (unpaired) electrons. The van der Waals surface area contributed by atoms with E-state index in [0.717, 1.165) is 12.1 Å². The Balaban J connectivity index is 1.71. The lowest BCUT2D eigenvalue weighted by Crippen LogP contribution is -2.13. The first-order valence-corrected chi connectivity index (χ1v) is 7.33. The molecule has 0 unspecified atom stereocenters. The van der Waals surface area contributed by atoms with Gasteiger partial charge in [0.2, 0.25) is 0 Å². The van der Waals surface area contributed by atoms with Crippen molar-refractivity contribution < 1.29 is 0 Å². The standard InChI is InChI=1S/C20H19N/c1-2-6-10-17(9-5-1)18-13-15-20(16-14-18)21-19-11-7-3-4-8-12-19/h1-9,11-16,19,21H,10H2. The molecular weight excluding hydrogens is 254 g/mol. The SMILES string of the molecule is C1=CC=CC(Nc2ccc(C3=CC=CC=CC3)cc2)C=C1. The number of benzene rings is 1. The van der Waals surface area contributed by atoms with E-state index in [-0.39, 0.29) is 6.04 Å². The lowest BCUT2D eigenvalue weighted by Gasteiger charge is -2.13. The molecule has 1 N–H and O–H groups in total. The first kappa shape index (κ1) is 13.4. The van der Waals surface area contributed by atoms with E-state index in [1.165, 1.54) is 11.1 Å². The third kappa shape index (κ3) is 3.73. The Hall–Kier alpha value is -2.54. The highest BCUT2D eigenvalue weighted by Gasteiger charge is 2.03. The highest BCUT2D eigenvalue weighted by atomic mass is 14.9. The predicted octanol–water partition coefficient (Wildman–Crippen LogP) is 5.05. The van der Waals surface area contributed by atoms with Crippen molar-refractivity contribution in [2.24, 2.45) is 0 Å². The minimum Gasteiger partial charge on any atom is -0.375 e. The van der Waals surface area contributed by atoms with Crippen molar-refractivity contribution in [2.75, 3.05) is 5.32 Å². The molecule has 0 bridgehead atoms. The Labute approximate surface area is 126 Å². The van der Waals surface area contributed by atoms with Crippen LogP contribution in [0.4, 0.5) is 5.69 Å². The zero-order chi connectivity index (χ0) is 14.3. The van der Waals surface area contributed by atoms with E-state index in [2.05, 4.69) is 84.3 Å². The molecule has 0 amide bonds. The lowest BCUT2D eigenvalue weighted by molar-refractivity contribution is 1.11. The second-order valence-corrected chi connectivity index (χ2v) is 5.11. The van der Waals surface area contributed by atoms with Crippen molar-refractivity contribution in [3.8, 4) is 0 Å². The summed E-state index contributed by atoms with van der Waals surface area (Å²) in [6.45, 7) is 0. The Bertz CT molecular complexity index is 636. The Morgan fingerprint density at radius 1 is 0.762 bits per heavy atom. The van der Waals surface area contributed by atoms with E-state index >= 15 is 0 Å². The maximum Gasteiger partial charge on any atom is 0.0634 e. The first-order valence-electron chi connectivity index (χ1n) is 7.33. The van der Waals surface area contributed by atoms with E-state index in [9.17, 15) is 0 Å². The number of anilines is 1. The zero-order valence-electron chi connectivity index (χ0n) is 11.9. The summed E-state index contributed by atoms with van der Waals surface area (Å²) in [5.74, 6) is 0. The summed E-state index contributed by atoms with van der Waals surface area (Å²) in [6, 6.07) is 8.91. The Kier molecular flexibility index (Phi) is 4.33. The maximum absolute atomic E-state index is 3.50. The normalized spacial score (nSPS) is 17.4. The fourth-order valence-corrected chi connectivity index (χ4v) is 2.42. The first-order chi connectivity index (χ1) is 10.4. The predicted molar refractivity (Wildman–Crippen MR) is 92.1 cm³/mol. The molecular formula is C20H19N. The molecule has 2 aliphatic carbocycles. The summed E-state index contributed by atoms with van der Waals surface area (Å²) >= 11 is 0. The molecule has 0 fully saturated rings. The highest BCUT2D eigenvalue weighted by molar-refractivity contribution is 5.70. The Morgan fingerprint density at radius 2 is 1.48 bits per heavy atom. The summed E-state index contributed by atoms with van der Waals surface area (Å²) in [4.78, 5) is 0. The van der Waals surface area contributed by atoms with Crippen LogP contribution in [0.5, 0.6) is 0 Å². The molecule has 0 saturated carbocycles. The van der Waals surface area contributed by atoms with Crippen LogP contribution in [0.3, 0.4) is 0 Å². The molecule has 2 aliphatic rings. The largest absolute Gasteiger partial charge is 0.375 e. The van der Waals surface area contributed by atoms with Crippen molar-refractivity contribution in [3.05, 3.63) is 96.7 Å². The smallest absolute Gasteiger partial charge is 0.0634 e. The van der Waals surface area contributed by atoms with Gasteiger partial charge in [-0.3, -0.25) is 0 Å². The van der Waals surface area contributed by atoms with Gasteiger partial charge in [-0.05, 0) is 29.7 Å². The quantitative estimate of drug-likeness (QED) is 0.812. The van der Waals surface area contributed by atoms with Crippen LogP contribution in [-0.2, 0) is 0 Å². The third-order valence-electron chi connectivity index (χ3n) is 3.55. The molecule has 3 rings (SSSR count). The fraction of sp³-hybridized carbons (Fsp3) is 0.100. The number of rotatable bonds is 3. The molecule has 1 heteroatoms. The van der Waals surface area contributed by atoms with Crippen molar-refractivity contribution >= 4 is 11.3 Å². The van der Waals surface area contributed by atoms with Crippen LogP contribution in [0.1, 0.15) is 12.0 Å². The van der Waals surface area contributed by atoms with Gasteiger partial charge in [-0.25, -0.2) is 0 Å². The van der Waals surface area contributed by atoms with E-state index in [0.29, 0.717) is 0 Å². The number of allylic oxidation sites excluding steroid dienone is 10. The number of nitrogens with one attached hydrogen (secondary N) is 1. The van der Waals surface area contributed by atoms with E-state index in [1.54, 1.807) is 0 Å². The number of hydrogen-bond acceptors (Lipinski definition) is 1. The van der Waals surface area contributed by atoms with Gasteiger partial charge in [0.15, 0.2) is 0 Å². The molecule has 0 saturated heterocycles. The summed E-state index contributed by atoms with van der Waals surface area (Å²) in [7, 11) is 0. The van der Waals surface area contributed by atoms with Crippen LogP contribution in [0, 0.1) is 0 Å². The second-order valence-electron chi connectivity index (χ2n) is 5.11. The molecule has 1 aromatic rings. The van der Waals surface area contributed by atoms with Gasteiger partial charge in [0, 0.05) is 5.69 Å². The lowest BCUT2D eigenvalue weighted by atomic mass is 10.0. The maximum atomic E-state index is 3.50. The van der Waals surface area contributed by atoms with Crippen LogP contribution >= 0.6 is 0 Å². The van der Waals surface area contributed by atoms with E-state index in [4.69, 9.17) is 0 Å². The van der Waals surface area contributed by atoms with Crippen molar-refractivity contribution in [2.45, 2.75) is 12.5 Å². The van der Waals surface area contributed by atoms with Crippen LogP contribution in [0.2, 0.25) is 0 Å². The summed E-state index contributed by atoms with van der Waals surface area (Å²) in [5.41, 5.74) is 3.77. The van der Waals surface area contributed by atoms with Gasteiger partial charge in [-0.2, -0.15) is 0 Å². The number of hydrogen-bond donors (Lipinski definition) is 1. The zero-order valence-corrected chi connectivity index (χ0v) is 11.9. The molecule has 0 spiro atoms. The van der Waals surface area contributed by atoms with Gasteiger partial charge in [0.1, 0.15) is 0 Å². The van der Waals surface area contributed by atoms with E-state index < -0.39 is 0 Å². The van der Waals surface area contributed by atoms with Gasteiger partial charge in [0.25, 0.3) is 0 Å². The molecule has 0 atom stereocenters. The molecule has 0 heterocycles. The van der Waals surface area contributed by atoms with Gasteiger partial charge in [-0.1, -0.05) is 79.0 Å². The Morgan fingerprint density at radius 3 is 2.24 bits per heavy atom. The summed E-state index contributed by atoms with van der Waals surface area (Å²) in [6.07, 6.45) is 24.2. The van der Waals surface area contributed by atoms with Crippen LogP contribution in [-0.4, -0.2) is 6.04 Å². The van der Waals surface area contributed by atoms with Crippen LogP contribution in [0.25, 0.3) is 5.57 Å². The molecule has 104 valence electrons. The molecule has 1 aromatic carbocycles. The monoisotopic (exact) mass is 273 g/mol. The summed E-state index contributed by atoms with van der Waals surface area (Å²) in [5, 5.41) is 3.50. The molecule has 21 heavy (non-hydrogen) atoms. The van der Waals surface area contributed by atoms with Gasteiger partial charge < -0.3 is 5.32 Å². The van der Waals surface area contributed by atoms with Crippen LogP contribution < -0.4 is 5.32 Å². The van der Waals surface area contributed by atoms with Gasteiger partial charge in [-0.15, -0.1) is 0 Å².